The number of aliphatic hydroxyl groups is 2. The van der Waals surface area contributed by atoms with Crippen molar-refractivity contribution in [2.24, 2.45) is 0 Å². The Morgan fingerprint density at radius 1 is 1.05 bits per heavy atom. The number of rotatable bonds is 8. The van der Waals surface area contributed by atoms with Crippen molar-refractivity contribution in [3.05, 3.63) is 35.4 Å². The molecule has 1 aliphatic carbocycles. The highest BCUT2D eigenvalue weighted by Crippen LogP contribution is 2.39. The number of hydrogen-bond acceptors (Lipinski definition) is 3. The topological polar surface area (TPSA) is 49.7 Å². The molecule has 0 bridgehead atoms. The van der Waals surface area contributed by atoms with Crippen molar-refractivity contribution >= 4 is 0 Å². The molecule has 0 radical (unpaired) electrons. The normalized spacial score (nSPS) is 13.8. The third-order valence-corrected chi connectivity index (χ3v) is 3.29. The zero-order valence-electron chi connectivity index (χ0n) is 12.6. The second kappa shape index (κ2) is 10.8. The van der Waals surface area contributed by atoms with Gasteiger partial charge in [-0.15, -0.1) is 0 Å². The SMILES string of the molecule is CCCCCO.OCCOCc1ccc(C2CC2)cc1. The summed E-state index contributed by atoms with van der Waals surface area (Å²) in [4.78, 5) is 0. The van der Waals surface area contributed by atoms with Crippen molar-refractivity contribution in [3.8, 4) is 0 Å². The monoisotopic (exact) mass is 280 g/mol. The average molecular weight is 280 g/mol. The van der Waals surface area contributed by atoms with Gasteiger partial charge in [0.05, 0.1) is 19.8 Å². The number of aliphatic hydroxyl groups excluding tert-OH is 2. The van der Waals surface area contributed by atoms with Crippen molar-refractivity contribution in [1.29, 1.82) is 0 Å². The molecule has 20 heavy (non-hydrogen) atoms. The smallest absolute Gasteiger partial charge is 0.0718 e. The van der Waals surface area contributed by atoms with Crippen LogP contribution in [0.2, 0.25) is 0 Å². The van der Waals surface area contributed by atoms with E-state index in [0.717, 1.165) is 18.8 Å². The van der Waals surface area contributed by atoms with Crippen LogP contribution in [-0.4, -0.2) is 30.0 Å². The molecule has 2 N–H and O–H groups in total. The second-order valence-electron chi connectivity index (χ2n) is 5.22. The van der Waals surface area contributed by atoms with Gasteiger partial charge in [-0.05, 0) is 36.3 Å². The summed E-state index contributed by atoms with van der Waals surface area (Å²) < 4.78 is 5.23. The Morgan fingerprint density at radius 2 is 1.75 bits per heavy atom. The lowest BCUT2D eigenvalue weighted by molar-refractivity contribution is 0.0815. The van der Waals surface area contributed by atoms with Crippen molar-refractivity contribution in [2.75, 3.05) is 19.8 Å². The molecule has 2 rings (SSSR count). The highest BCUT2D eigenvalue weighted by atomic mass is 16.5. The van der Waals surface area contributed by atoms with Crippen molar-refractivity contribution in [2.45, 2.75) is 51.6 Å². The van der Waals surface area contributed by atoms with E-state index in [0.29, 0.717) is 19.8 Å². The van der Waals surface area contributed by atoms with Crippen LogP contribution in [0.4, 0.5) is 0 Å². The summed E-state index contributed by atoms with van der Waals surface area (Å²) in [5.74, 6) is 0.822. The Bertz CT molecular complexity index is 327. The maximum Gasteiger partial charge on any atom is 0.0718 e. The molecule has 1 saturated carbocycles. The minimum atomic E-state index is 0.0974. The van der Waals surface area contributed by atoms with Gasteiger partial charge >= 0.3 is 0 Å². The van der Waals surface area contributed by atoms with Crippen molar-refractivity contribution in [3.63, 3.8) is 0 Å². The fourth-order valence-corrected chi connectivity index (χ4v) is 1.92. The van der Waals surface area contributed by atoms with Gasteiger partial charge in [0.15, 0.2) is 0 Å². The maximum atomic E-state index is 8.54. The van der Waals surface area contributed by atoms with Crippen LogP contribution in [0.15, 0.2) is 24.3 Å². The fourth-order valence-electron chi connectivity index (χ4n) is 1.92. The number of hydrogen-bond donors (Lipinski definition) is 2. The van der Waals surface area contributed by atoms with Gasteiger partial charge in [-0.2, -0.15) is 0 Å². The molecule has 0 atom stereocenters. The lowest BCUT2D eigenvalue weighted by Gasteiger charge is -2.03. The molecule has 1 fully saturated rings. The third-order valence-electron chi connectivity index (χ3n) is 3.29. The number of unbranched alkanes of at least 4 members (excludes halogenated alkanes) is 2. The van der Waals surface area contributed by atoms with E-state index in [2.05, 4.69) is 31.2 Å². The standard InChI is InChI=1S/C12H16O2.C5H12O/c13-7-8-14-9-10-1-3-11(4-2-10)12-5-6-12;1-2-3-4-5-6/h1-4,12-13H,5-9H2;6H,2-5H2,1H3. The molecule has 1 aromatic rings. The minimum absolute atomic E-state index is 0.0974. The number of ether oxygens (including phenoxy) is 1. The lowest BCUT2D eigenvalue weighted by atomic mass is 10.1. The van der Waals surface area contributed by atoms with Gasteiger partial charge in [-0.25, -0.2) is 0 Å². The summed E-state index contributed by atoms with van der Waals surface area (Å²) in [5, 5.41) is 16.7. The molecule has 0 unspecified atom stereocenters. The second-order valence-corrected chi connectivity index (χ2v) is 5.22. The zero-order valence-corrected chi connectivity index (χ0v) is 12.6. The predicted molar refractivity (Wildman–Crippen MR) is 81.8 cm³/mol. The van der Waals surface area contributed by atoms with Crippen molar-refractivity contribution in [1.82, 2.24) is 0 Å². The van der Waals surface area contributed by atoms with Crippen LogP contribution in [0.1, 0.15) is 56.1 Å². The van der Waals surface area contributed by atoms with E-state index in [1.807, 2.05) is 0 Å². The molecule has 0 aliphatic heterocycles. The molecule has 0 heterocycles. The first-order valence-corrected chi connectivity index (χ1v) is 7.70. The Morgan fingerprint density at radius 3 is 2.20 bits per heavy atom. The van der Waals surface area contributed by atoms with Crippen LogP contribution < -0.4 is 0 Å². The Labute approximate surface area is 122 Å². The zero-order chi connectivity index (χ0) is 14.6. The first kappa shape index (κ1) is 17.2. The van der Waals surface area contributed by atoms with Gasteiger partial charge in [-0.1, -0.05) is 44.0 Å². The first-order valence-electron chi connectivity index (χ1n) is 7.70. The van der Waals surface area contributed by atoms with Gasteiger partial charge in [-0.3, -0.25) is 0 Å². The first-order chi connectivity index (χ1) is 9.81. The molecule has 0 spiro atoms. The van der Waals surface area contributed by atoms with E-state index in [4.69, 9.17) is 14.9 Å². The minimum Gasteiger partial charge on any atom is -0.396 e. The van der Waals surface area contributed by atoms with E-state index in [-0.39, 0.29) is 6.61 Å². The predicted octanol–water partition coefficient (Wildman–Crippen LogP) is 3.24. The highest BCUT2D eigenvalue weighted by molar-refractivity contribution is 5.27. The summed E-state index contributed by atoms with van der Waals surface area (Å²) in [7, 11) is 0. The molecule has 1 aliphatic rings. The number of benzene rings is 1. The average Bonchev–Trinajstić information content (AvgIpc) is 3.31. The van der Waals surface area contributed by atoms with E-state index < -0.39 is 0 Å². The van der Waals surface area contributed by atoms with Gasteiger partial charge in [0.1, 0.15) is 0 Å². The van der Waals surface area contributed by atoms with Crippen LogP contribution in [0.25, 0.3) is 0 Å². The van der Waals surface area contributed by atoms with Gasteiger partial charge in [0.25, 0.3) is 0 Å². The molecule has 114 valence electrons. The summed E-state index contributed by atoms with van der Waals surface area (Å²) in [6, 6.07) is 8.61. The van der Waals surface area contributed by atoms with Crippen LogP contribution in [0.5, 0.6) is 0 Å². The van der Waals surface area contributed by atoms with Crippen LogP contribution in [0.3, 0.4) is 0 Å². The quantitative estimate of drug-likeness (QED) is 0.719. The van der Waals surface area contributed by atoms with Gasteiger partial charge < -0.3 is 14.9 Å². The van der Waals surface area contributed by atoms with E-state index in [1.165, 1.54) is 30.4 Å². The van der Waals surface area contributed by atoms with Crippen LogP contribution in [-0.2, 0) is 11.3 Å². The molecule has 1 aromatic carbocycles. The molecule has 3 heteroatoms. The lowest BCUT2D eigenvalue weighted by Crippen LogP contribution is -1.99. The summed E-state index contributed by atoms with van der Waals surface area (Å²) in [6.07, 6.45) is 6.02. The fraction of sp³-hybridized carbons (Fsp3) is 0.647. The molecule has 0 amide bonds. The third kappa shape index (κ3) is 7.63. The molecular formula is C17H28O3. The van der Waals surface area contributed by atoms with Gasteiger partial charge in [0.2, 0.25) is 0 Å². The van der Waals surface area contributed by atoms with E-state index in [9.17, 15) is 0 Å². The Kier molecular flexibility index (Phi) is 9.29. The molecule has 0 aromatic heterocycles. The summed E-state index contributed by atoms with van der Waals surface area (Å²) >= 11 is 0. The van der Waals surface area contributed by atoms with Crippen molar-refractivity contribution < 1.29 is 14.9 Å². The Balaban J connectivity index is 0.000000286. The molecular weight excluding hydrogens is 252 g/mol. The van der Waals surface area contributed by atoms with E-state index >= 15 is 0 Å². The largest absolute Gasteiger partial charge is 0.396 e. The molecule has 3 nitrogen and oxygen atoms in total. The summed E-state index contributed by atoms with van der Waals surface area (Å²) in [6.45, 7) is 3.60. The van der Waals surface area contributed by atoms with E-state index in [1.54, 1.807) is 0 Å². The highest BCUT2D eigenvalue weighted by Gasteiger charge is 2.22. The maximum absolute atomic E-state index is 8.54. The van der Waals surface area contributed by atoms with Crippen LogP contribution in [0, 0.1) is 0 Å². The van der Waals surface area contributed by atoms with Gasteiger partial charge in [0, 0.05) is 6.61 Å². The Hall–Kier alpha value is -0.900. The van der Waals surface area contributed by atoms with Crippen LogP contribution >= 0.6 is 0 Å². The summed E-state index contributed by atoms with van der Waals surface area (Å²) in [5.41, 5.74) is 2.64. The molecule has 0 saturated heterocycles.